The standard InChI is InChI=1S/C18H14F2N2/c1-11-3-5-13(6-4-11)14-7-8-15(18(20)17(14)19)16-10-21-12(2)9-22-16/h3-10H,1-2H3. The number of aryl methyl sites for hydroxylation is 2. The van der Waals surface area contributed by atoms with E-state index in [1.54, 1.807) is 25.1 Å². The Balaban J connectivity index is 2.08. The van der Waals surface area contributed by atoms with Gasteiger partial charge in [0.2, 0.25) is 0 Å². The molecule has 0 aliphatic carbocycles. The molecule has 3 aromatic rings. The van der Waals surface area contributed by atoms with E-state index in [4.69, 9.17) is 0 Å². The summed E-state index contributed by atoms with van der Waals surface area (Å²) < 4.78 is 28.8. The summed E-state index contributed by atoms with van der Waals surface area (Å²) in [6.07, 6.45) is 2.97. The first-order chi connectivity index (χ1) is 10.6. The first kappa shape index (κ1) is 14.3. The molecular weight excluding hydrogens is 282 g/mol. The Labute approximate surface area is 127 Å². The normalized spacial score (nSPS) is 10.7. The zero-order chi connectivity index (χ0) is 15.7. The lowest BCUT2D eigenvalue weighted by Crippen LogP contribution is -1.96. The van der Waals surface area contributed by atoms with Crippen LogP contribution in [0.4, 0.5) is 8.78 Å². The van der Waals surface area contributed by atoms with E-state index in [1.165, 1.54) is 18.5 Å². The summed E-state index contributed by atoms with van der Waals surface area (Å²) >= 11 is 0. The molecule has 0 bridgehead atoms. The van der Waals surface area contributed by atoms with Crippen LogP contribution >= 0.6 is 0 Å². The van der Waals surface area contributed by atoms with Gasteiger partial charge in [-0.15, -0.1) is 0 Å². The molecule has 0 aliphatic rings. The summed E-state index contributed by atoms with van der Waals surface area (Å²) in [6, 6.07) is 10.4. The molecular formula is C18H14F2N2. The van der Waals surface area contributed by atoms with E-state index in [0.29, 0.717) is 11.3 Å². The molecule has 4 heteroatoms. The van der Waals surface area contributed by atoms with Crippen molar-refractivity contribution in [1.82, 2.24) is 9.97 Å². The van der Waals surface area contributed by atoms with Gasteiger partial charge < -0.3 is 0 Å². The average molecular weight is 296 g/mol. The number of benzene rings is 2. The van der Waals surface area contributed by atoms with Crippen molar-refractivity contribution in [3.63, 3.8) is 0 Å². The maximum atomic E-state index is 14.4. The molecule has 0 unspecified atom stereocenters. The average Bonchev–Trinajstić information content (AvgIpc) is 2.52. The fourth-order valence-corrected chi connectivity index (χ4v) is 2.24. The van der Waals surface area contributed by atoms with Crippen LogP contribution in [-0.2, 0) is 0 Å². The van der Waals surface area contributed by atoms with Crippen LogP contribution in [0.15, 0.2) is 48.8 Å². The topological polar surface area (TPSA) is 25.8 Å². The lowest BCUT2D eigenvalue weighted by molar-refractivity contribution is 0.513. The second-order valence-corrected chi connectivity index (χ2v) is 5.20. The zero-order valence-electron chi connectivity index (χ0n) is 12.3. The van der Waals surface area contributed by atoms with Crippen molar-refractivity contribution in [1.29, 1.82) is 0 Å². The molecule has 22 heavy (non-hydrogen) atoms. The summed E-state index contributed by atoms with van der Waals surface area (Å²) in [5, 5.41) is 0. The van der Waals surface area contributed by atoms with Crippen molar-refractivity contribution in [3.8, 4) is 22.4 Å². The van der Waals surface area contributed by atoms with Gasteiger partial charge in [0.15, 0.2) is 11.6 Å². The van der Waals surface area contributed by atoms with Gasteiger partial charge in [-0.1, -0.05) is 35.9 Å². The highest BCUT2D eigenvalue weighted by Gasteiger charge is 2.16. The Morgan fingerprint density at radius 1 is 0.727 bits per heavy atom. The molecule has 2 aromatic carbocycles. The zero-order valence-corrected chi connectivity index (χ0v) is 12.3. The molecule has 3 rings (SSSR count). The number of halogens is 2. The molecule has 0 N–H and O–H groups in total. The van der Waals surface area contributed by atoms with Crippen LogP contribution < -0.4 is 0 Å². The van der Waals surface area contributed by atoms with Crippen LogP contribution in [0.5, 0.6) is 0 Å². The summed E-state index contributed by atoms with van der Waals surface area (Å²) in [7, 11) is 0. The maximum Gasteiger partial charge on any atom is 0.168 e. The molecule has 0 spiro atoms. The second kappa shape index (κ2) is 5.64. The second-order valence-electron chi connectivity index (χ2n) is 5.20. The van der Waals surface area contributed by atoms with Crippen molar-refractivity contribution in [3.05, 3.63) is 71.7 Å². The Hall–Kier alpha value is -2.62. The van der Waals surface area contributed by atoms with E-state index in [1.807, 2.05) is 19.1 Å². The number of rotatable bonds is 2. The third-order valence-electron chi connectivity index (χ3n) is 3.50. The van der Waals surface area contributed by atoms with E-state index < -0.39 is 11.6 Å². The number of hydrogen-bond donors (Lipinski definition) is 0. The maximum absolute atomic E-state index is 14.4. The van der Waals surface area contributed by atoms with Gasteiger partial charge in [0, 0.05) is 17.3 Å². The molecule has 0 amide bonds. The predicted octanol–water partition coefficient (Wildman–Crippen LogP) is 4.71. The minimum absolute atomic E-state index is 0.112. The summed E-state index contributed by atoms with van der Waals surface area (Å²) in [5.74, 6) is -1.78. The van der Waals surface area contributed by atoms with Crippen molar-refractivity contribution in [2.45, 2.75) is 13.8 Å². The fourth-order valence-electron chi connectivity index (χ4n) is 2.24. The van der Waals surface area contributed by atoms with Gasteiger partial charge in [-0.3, -0.25) is 9.97 Å². The molecule has 110 valence electrons. The molecule has 0 atom stereocenters. The van der Waals surface area contributed by atoms with E-state index >= 15 is 0 Å². The fraction of sp³-hybridized carbons (Fsp3) is 0.111. The highest BCUT2D eigenvalue weighted by molar-refractivity contribution is 5.70. The van der Waals surface area contributed by atoms with Crippen molar-refractivity contribution >= 4 is 0 Å². The third kappa shape index (κ3) is 2.60. The van der Waals surface area contributed by atoms with Crippen LogP contribution in [0.1, 0.15) is 11.3 Å². The number of aromatic nitrogens is 2. The molecule has 0 saturated heterocycles. The third-order valence-corrected chi connectivity index (χ3v) is 3.50. The van der Waals surface area contributed by atoms with Crippen LogP contribution in [0.2, 0.25) is 0 Å². The predicted molar refractivity (Wildman–Crippen MR) is 82.3 cm³/mol. The molecule has 1 heterocycles. The van der Waals surface area contributed by atoms with Crippen LogP contribution in [0, 0.1) is 25.5 Å². The van der Waals surface area contributed by atoms with Crippen molar-refractivity contribution in [2.24, 2.45) is 0 Å². The lowest BCUT2D eigenvalue weighted by Gasteiger charge is -2.09. The monoisotopic (exact) mass is 296 g/mol. The highest BCUT2D eigenvalue weighted by atomic mass is 19.2. The molecule has 2 nitrogen and oxygen atoms in total. The Morgan fingerprint density at radius 2 is 1.36 bits per heavy atom. The first-order valence-corrected chi connectivity index (χ1v) is 6.90. The summed E-state index contributed by atoms with van der Waals surface area (Å²) in [4.78, 5) is 8.16. The first-order valence-electron chi connectivity index (χ1n) is 6.90. The molecule has 0 radical (unpaired) electrons. The number of hydrogen-bond acceptors (Lipinski definition) is 2. The Kier molecular flexibility index (Phi) is 3.67. The quantitative estimate of drug-likeness (QED) is 0.684. The Bertz CT molecular complexity index is 739. The van der Waals surface area contributed by atoms with Gasteiger partial charge in [-0.25, -0.2) is 8.78 Å². The van der Waals surface area contributed by atoms with Crippen LogP contribution in [0.3, 0.4) is 0 Å². The molecule has 0 fully saturated rings. The van der Waals surface area contributed by atoms with Crippen LogP contribution in [0.25, 0.3) is 22.4 Å². The van der Waals surface area contributed by atoms with Gasteiger partial charge in [0.25, 0.3) is 0 Å². The van der Waals surface area contributed by atoms with Gasteiger partial charge in [-0.05, 0) is 25.5 Å². The smallest absolute Gasteiger partial charge is 0.168 e. The van der Waals surface area contributed by atoms with Gasteiger partial charge in [0.1, 0.15) is 0 Å². The van der Waals surface area contributed by atoms with E-state index in [9.17, 15) is 8.78 Å². The van der Waals surface area contributed by atoms with E-state index in [0.717, 1.165) is 11.3 Å². The minimum Gasteiger partial charge on any atom is -0.258 e. The summed E-state index contributed by atoms with van der Waals surface area (Å²) in [6.45, 7) is 3.73. The molecule has 0 saturated carbocycles. The van der Waals surface area contributed by atoms with Crippen molar-refractivity contribution in [2.75, 3.05) is 0 Å². The lowest BCUT2D eigenvalue weighted by atomic mass is 10.0. The van der Waals surface area contributed by atoms with Gasteiger partial charge in [0.05, 0.1) is 17.6 Å². The molecule has 0 aliphatic heterocycles. The number of nitrogens with zero attached hydrogens (tertiary/aromatic N) is 2. The SMILES string of the molecule is Cc1ccc(-c2ccc(-c3cnc(C)cn3)c(F)c2F)cc1. The summed E-state index contributed by atoms with van der Waals surface area (Å²) in [5.41, 5.74) is 3.10. The molecule has 1 aromatic heterocycles. The highest BCUT2D eigenvalue weighted by Crippen LogP contribution is 2.30. The Morgan fingerprint density at radius 3 is 2.00 bits per heavy atom. The van der Waals surface area contributed by atoms with E-state index in [-0.39, 0.29) is 11.1 Å². The van der Waals surface area contributed by atoms with Gasteiger partial charge in [-0.2, -0.15) is 0 Å². The van der Waals surface area contributed by atoms with Crippen LogP contribution in [-0.4, -0.2) is 9.97 Å². The van der Waals surface area contributed by atoms with Gasteiger partial charge >= 0.3 is 0 Å². The van der Waals surface area contributed by atoms with Crippen molar-refractivity contribution < 1.29 is 8.78 Å². The largest absolute Gasteiger partial charge is 0.258 e. The minimum atomic E-state index is -0.906. The van der Waals surface area contributed by atoms with E-state index in [2.05, 4.69) is 9.97 Å².